The molecule has 1 aromatic rings. The van der Waals surface area contributed by atoms with Gasteiger partial charge < -0.3 is 20.1 Å². The SMILES string of the molecule is CCCCCNC(=NC)NCc1cccc(COCCOCC)c1.I. The Morgan fingerprint density at radius 2 is 1.80 bits per heavy atom. The number of aliphatic imine (C=N–C) groups is 1. The molecule has 0 unspecified atom stereocenters. The second-order valence-electron chi connectivity index (χ2n) is 5.63. The highest BCUT2D eigenvalue weighted by atomic mass is 127. The predicted octanol–water partition coefficient (Wildman–Crippen LogP) is 3.71. The molecule has 144 valence electrons. The third kappa shape index (κ3) is 12.2. The van der Waals surface area contributed by atoms with Crippen molar-refractivity contribution in [1.82, 2.24) is 10.6 Å². The molecule has 0 bridgehead atoms. The lowest BCUT2D eigenvalue weighted by Crippen LogP contribution is -2.37. The predicted molar refractivity (Wildman–Crippen MR) is 116 cm³/mol. The molecule has 1 rings (SSSR count). The fourth-order valence-corrected chi connectivity index (χ4v) is 2.27. The summed E-state index contributed by atoms with van der Waals surface area (Å²) >= 11 is 0. The van der Waals surface area contributed by atoms with Crippen molar-refractivity contribution in [1.29, 1.82) is 0 Å². The minimum Gasteiger partial charge on any atom is -0.379 e. The van der Waals surface area contributed by atoms with Crippen molar-refractivity contribution in [2.45, 2.75) is 46.3 Å². The molecule has 0 aliphatic rings. The molecule has 25 heavy (non-hydrogen) atoms. The standard InChI is InChI=1S/C19H33N3O2.HI/c1-4-6-7-11-21-19(20-3)22-15-17-9-8-10-18(14-17)16-24-13-12-23-5-2;/h8-10,14H,4-7,11-13,15-16H2,1-3H3,(H2,20,21,22);1H. The van der Waals surface area contributed by atoms with Crippen LogP contribution in [0.1, 0.15) is 44.2 Å². The van der Waals surface area contributed by atoms with Crippen LogP contribution in [0.3, 0.4) is 0 Å². The minimum absolute atomic E-state index is 0. The molecular weight excluding hydrogens is 429 g/mol. The van der Waals surface area contributed by atoms with Crippen LogP contribution in [-0.4, -0.2) is 39.4 Å². The maximum atomic E-state index is 5.62. The van der Waals surface area contributed by atoms with E-state index in [9.17, 15) is 0 Å². The Morgan fingerprint density at radius 3 is 2.52 bits per heavy atom. The van der Waals surface area contributed by atoms with E-state index >= 15 is 0 Å². The van der Waals surface area contributed by atoms with Gasteiger partial charge in [-0.15, -0.1) is 24.0 Å². The third-order valence-corrected chi connectivity index (χ3v) is 3.59. The van der Waals surface area contributed by atoms with Crippen molar-refractivity contribution < 1.29 is 9.47 Å². The summed E-state index contributed by atoms with van der Waals surface area (Å²) in [6.07, 6.45) is 3.65. The van der Waals surface area contributed by atoms with Crippen molar-refractivity contribution in [3.63, 3.8) is 0 Å². The first-order chi connectivity index (χ1) is 11.8. The van der Waals surface area contributed by atoms with Crippen LogP contribution >= 0.6 is 24.0 Å². The van der Waals surface area contributed by atoms with Gasteiger partial charge in [-0.1, -0.05) is 44.0 Å². The molecule has 0 aliphatic carbocycles. The van der Waals surface area contributed by atoms with Gasteiger partial charge in [-0.2, -0.15) is 0 Å². The Balaban J connectivity index is 0.00000576. The Kier molecular flexibility index (Phi) is 16.0. The second-order valence-corrected chi connectivity index (χ2v) is 5.63. The zero-order valence-electron chi connectivity index (χ0n) is 15.8. The van der Waals surface area contributed by atoms with Crippen molar-refractivity contribution in [3.8, 4) is 0 Å². The first-order valence-corrected chi connectivity index (χ1v) is 8.98. The van der Waals surface area contributed by atoms with Crippen molar-refractivity contribution in [2.24, 2.45) is 4.99 Å². The van der Waals surface area contributed by atoms with E-state index in [-0.39, 0.29) is 24.0 Å². The molecule has 0 atom stereocenters. The molecule has 0 aliphatic heterocycles. The summed E-state index contributed by atoms with van der Waals surface area (Å²) in [5, 5.41) is 6.70. The number of guanidine groups is 1. The van der Waals surface area contributed by atoms with E-state index in [1.54, 1.807) is 7.05 Å². The molecule has 0 aromatic heterocycles. The molecule has 0 fully saturated rings. The normalized spacial score (nSPS) is 11.1. The third-order valence-electron chi connectivity index (χ3n) is 3.59. The summed E-state index contributed by atoms with van der Waals surface area (Å²) in [5.41, 5.74) is 2.40. The molecule has 2 N–H and O–H groups in total. The molecule has 0 radical (unpaired) electrons. The van der Waals surface area contributed by atoms with Gasteiger partial charge in [-0.25, -0.2) is 0 Å². The number of halogens is 1. The van der Waals surface area contributed by atoms with E-state index in [2.05, 4.69) is 46.8 Å². The summed E-state index contributed by atoms with van der Waals surface area (Å²) < 4.78 is 10.9. The van der Waals surface area contributed by atoms with Crippen LogP contribution in [0.4, 0.5) is 0 Å². The quantitative estimate of drug-likeness (QED) is 0.215. The highest BCUT2D eigenvalue weighted by Crippen LogP contribution is 2.06. The summed E-state index contributed by atoms with van der Waals surface area (Å²) in [5.74, 6) is 0.851. The van der Waals surface area contributed by atoms with E-state index < -0.39 is 0 Å². The van der Waals surface area contributed by atoms with E-state index in [1.807, 2.05) is 6.92 Å². The summed E-state index contributed by atoms with van der Waals surface area (Å²) in [6.45, 7) is 8.54. The number of hydrogen-bond donors (Lipinski definition) is 2. The van der Waals surface area contributed by atoms with Crippen LogP contribution in [0.2, 0.25) is 0 Å². The fraction of sp³-hybridized carbons (Fsp3) is 0.632. The monoisotopic (exact) mass is 463 g/mol. The zero-order chi connectivity index (χ0) is 17.5. The molecule has 5 nitrogen and oxygen atoms in total. The number of ether oxygens (including phenoxy) is 2. The van der Waals surface area contributed by atoms with E-state index in [0.717, 1.165) is 25.7 Å². The molecule has 1 aromatic carbocycles. The largest absolute Gasteiger partial charge is 0.379 e. The van der Waals surface area contributed by atoms with Gasteiger partial charge in [0.05, 0.1) is 19.8 Å². The van der Waals surface area contributed by atoms with Crippen LogP contribution in [0.25, 0.3) is 0 Å². The smallest absolute Gasteiger partial charge is 0.191 e. The maximum absolute atomic E-state index is 5.62. The molecular formula is C19H34IN3O2. The van der Waals surface area contributed by atoms with E-state index in [1.165, 1.54) is 30.4 Å². The molecule has 0 saturated carbocycles. The van der Waals surface area contributed by atoms with Gasteiger partial charge >= 0.3 is 0 Å². The number of unbranched alkanes of at least 4 members (excludes halogenated alkanes) is 2. The Labute approximate surface area is 170 Å². The number of nitrogens with one attached hydrogen (secondary N) is 2. The highest BCUT2D eigenvalue weighted by Gasteiger charge is 2.00. The van der Waals surface area contributed by atoms with Gasteiger partial charge in [0.25, 0.3) is 0 Å². The molecule has 0 amide bonds. The van der Waals surface area contributed by atoms with Gasteiger partial charge in [-0.3, -0.25) is 4.99 Å². The van der Waals surface area contributed by atoms with Gasteiger partial charge in [0.15, 0.2) is 5.96 Å². The fourth-order valence-electron chi connectivity index (χ4n) is 2.27. The molecule has 0 heterocycles. The molecule has 0 spiro atoms. The lowest BCUT2D eigenvalue weighted by atomic mass is 10.1. The number of benzene rings is 1. The van der Waals surface area contributed by atoms with Crippen molar-refractivity contribution >= 4 is 29.9 Å². The van der Waals surface area contributed by atoms with Gasteiger partial charge in [0.1, 0.15) is 0 Å². The van der Waals surface area contributed by atoms with E-state index in [0.29, 0.717) is 19.8 Å². The van der Waals surface area contributed by atoms with Gasteiger partial charge in [0, 0.05) is 26.7 Å². The highest BCUT2D eigenvalue weighted by molar-refractivity contribution is 14.0. The molecule has 0 saturated heterocycles. The second kappa shape index (κ2) is 16.6. The number of rotatable bonds is 12. The Morgan fingerprint density at radius 1 is 1.04 bits per heavy atom. The summed E-state index contributed by atoms with van der Waals surface area (Å²) in [4.78, 5) is 4.26. The first kappa shape index (κ1) is 24.1. The lowest BCUT2D eigenvalue weighted by molar-refractivity contribution is 0.0453. The number of hydrogen-bond acceptors (Lipinski definition) is 3. The summed E-state index contributed by atoms with van der Waals surface area (Å²) in [6, 6.07) is 8.43. The van der Waals surface area contributed by atoms with Gasteiger partial charge in [0.2, 0.25) is 0 Å². The van der Waals surface area contributed by atoms with Crippen molar-refractivity contribution in [3.05, 3.63) is 35.4 Å². The number of nitrogens with zero attached hydrogens (tertiary/aromatic N) is 1. The lowest BCUT2D eigenvalue weighted by Gasteiger charge is -2.12. The maximum Gasteiger partial charge on any atom is 0.191 e. The first-order valence-electron chi connectivity index (χ1n) is 8.98. The van der Waals surface area contributed by atoms with Crippen LogP contribution in [0.15, 0.2) is 29.3 Å². The van der Waals surface area contributed by atoms with Crippen molar-refractivity contribution in [2.75, 3.05) is 33.4 Å². The zero-order valence-corrected chi connectivity index (χ0v) is 18.2. The summed E-state index contributed by atoms with van der Waals surface area (Å²) in [7, 11) is 1.80. The van der Waals surface area contributed by atoms with Crippen LogP contribution in [0, 0.1) is 0 Å². The van der Waals surface area contributed by atoms with Crippen LogP contribution < -0.4 is 10.6 Å². The Bertz CT molecular complexity index is 470. The average molecular weight is 463 g/mol. The Hall–Kier alpha value is -0.860. The van der Waals surface area contributed by atoms with E-state index in [4.69, 9.17) is 9.47 Å². The van der Waals surface area contributed by atoms with Crippen LogP contribution in [-0.2, 0) is 22.6 Å². The molecule has 6 heteroatoms. The average Bonchev–Trinajstić information content (AvgIpc) is 2.61. The minimum atomic E-state index is 0. The van der Waals surface area contributed by atoms with Crippen LogP contribution in [0.5, 0.6) is 0 Å². The topological polar surface area (TPSA) is 54.9 Å². The van der Waals surface area contributed by atoms with Gasteiger partial charge in [-0.05, 0) is 24.5 Å².